The Bertz CT molecular complexity index is 359. The van der Waals surface area contributed by atoms with Gasteiger partial charge in [0.25, 0.3) is 0 Å². The van der Waals surface area contributed by atoms with Crippen molar-refractivity contribution in [3.63, 3.8) is 0 Å². The van der Waals surface area contributed by atoms with Crippen LogP contribution >= 0.6 is 0 Å². The van der Waals surface area contributed by atoms with Gasteiger partial charge < -0.3 is 10.6 Å². The molecule has 106 valence electrons. The van der Waals surface area contributed by atoms with Gasteiger partial charge >= 0.3 is 0 Å². The van der Waals surface area contributed by atoms with Gasteiger partial charge in [-0.2, -0.15) is 0 Å². The topological polar surface area (TPSA) is 49.8 Å². The zero-order valence-corrected chi connectivity index (χ0v) is 12.0. The molecule has 2 N–H and O–H groups in total. The molecule has 0 bridgehead atoms. The Hall–Kier alpha value is -1.16. The van der Waals surface area contributed by atoms with E-state index in [0.717, 1.165) is 37.1 Å². The maximum Gasteiger partial charge on any atom is 0.129 e. The van der Waals surface area contributed by atoms with Gasteiger partial charge in [-0.25, -0.2) is 9.97 Å². The molecule has 1 heterocycles. The quantitative estimate of drug-likeness (QED) is 0.611. The highest BCUT2D eigenvalue weighted by molar-refractivity contribution is 5.34. The van der Waals surface area contributed by atoms with Crippen molar-refractivity contribution in [1.82, 2.24) is 15.3 Å². The van der Waals surface area contributed by atoms with Crippen LogP contribution < -0.4 is 10.6 Å². The molecule has 4 heteroatoms. The third-order valence-corrected chi connectivity index (χ3v) is 3.81. The van der Waals surface area contributed by atoms with E-state index in [1.54, 1.807) is 6.33 Å². The van der Waals surface area contributed by atoms with Gasteiger partial charge in [0.15, 0.2) is 0 Å². The average molecular weight is 262 g/mol. The summed E-state index contributed by atoms with van der Waals surface area (Å²) in [6.07, 6.45) is 10.9. The van der Waals surface area contributed by atoms with Crippen LogP contribution in [0.1, 0.15) is 51.1 Å². The summed E-state index contributed by atoms with van der Waals surface area (Å²) in [6.45, 7) is 4.05. The Morgan fingerprint density at radius 1 is 1.11 bits per heavy atom. The van der Waals surface area contributed by atoms with E-state index in [1.165, 1.54) is 38.5 Å². The lowest BCUT2D eigenvalue weighted by Gasteiger charge is -2.16. The fourth-order valence-electron chi connectivity index (χ4n) is 2.64. The summed E-state index contributed by atoms with van der Waals surface area (Å²) in [6, 6.07) is 2.76. The summed E-state index contributed by atoms with van der Waals surface area (Å²) >= 11 is 0. The molecule has 1 saturated carbocycles. The SMILES string of the molecule is CCc1cc(NCCNC2CCCCCC2)ncn1. The average Bonchev–Trinajstić information content (AvgIpc) is 2.72. The lowest BCUT2D eigenvalue weighted by molar-refractivity contribution is 0.468. The van der Waals surface area contributed by atoms with E-state index in [2.05, 4.69) is 27.5 Å². The van der Waals surface area contributed by atoms with Crippen molar-refractivity contribution in [2.75, 3.05) is 18.4 Å². The molecule has 0 aliphatic heterocycles. The van der Waals surface area contributed by atoms with Crippen LogP contribution in [-0.4, -0.2) is 29.1 Å². The molecule has 4 nitrogen and oxygen atoms in total. The second-order valence-electron chi connectivity index (χ2n) is 5.32. The first-order valence-electron chi connectivity index (χ1n) is 7.66. The van der Waals surface area contributed by atoms with Gasteiger partial charge in [-0.3, -0.25) is 0 Å². The van der Waals surface area contributed by atoms with E-state index in [0.29, 0.717) is 0 Å². The third kappa shape index (κ3) is 5.15. The largest absolute Gasteiger partial charge is 0.369 e. The van der Waals surface area contributed by atoms with Crippen molar-refractivity contribution in [2.24, 2.45) is 0 Å². The van der Waals surface area contributed by atoms with Crippen molar-refractivity contribution in [3.05, 3.63) is 18.1 Å². The van der Waals surface area contributed by atoms with Gasteiger partial charge in [0.2, 0.25) is 0 Å². The summed E-state index contributed by atoms with van der Waals surface area (Å²) in [7, 11) is 0. The van der Waals surface area contributed by atoms with Gasteiger partial charge in [-0.1, -0.05) is 32.6 Å². The second kappa shape index (κ2) is 8.10. The number of anilines is 1. The van der Waals surface area contributed by atoms with Crippen LogP contribution in [0.3, 0.4) is 0 Å². The highest BCUT2D eigenvalue weighted by Crippen LogP contribution is 2.16. The molecule has 19 heavy (non-hydrogen) atoms. The fourth-order valence-corrected chi connectivity index (χ4v) is 2.64. The highest BCUT2D eigenvalue weighted by Gasteiger charge is 2.10. The smallest absolute Gasteiger partial charge is 0.129 e. The number of aromatic nitrogens is 2. The van der Waals surface area contributed by atoms with Crippen LogP contribution in [-0.2, 0) is 6.42 Å². The van der Waals surface area contributed by atoms with Crippen LogP contribution in [0.5, 0.6) is 0 Å². The number of aryl methyl sites for hydroxylation is 1. The number of nitrogens with zero attached hydrogens (tertiary/aromatic N) is 2. The zero-order valence-electron chi connectivity index (χ0n) is 12.0. The monoisotopic (exact) mass is 262 g/mol. The van der Waals surface area contributed by atoms with Crippen LogP contribution in [0.2, 0.25) is 0 Å². The molecule has 2 rings (SSSR count). The molecule has 0 amide bonds. The molecule has 1 fully saturated rings. The van der Waals surface area contributed by atoms with E-state index >= 15 is 0 Å². The first-order chi connectivity index (χ1) is 9.38. The van der Waals surface area contributed by atoms with Gasteiger partial charge in [0, 0.05) is 30.9 Å². The Balaban J connectivity index is 1.65. The lowest BCUT2D eigenvalue weighted by atomic mass is 10.1. The lowest BCUT2D eigenvalue weighted by Crippen LogP contribution is -2.32. The van der Waals surface area contributed by atoms with Crippen LogP contribution in [0.25, 0.3) is 0 Å². The second-order valence-corrected chi connectivity index (χ2v) is 5.32. The maximum absolute atomic E-state index is 4.24. The summed E-state index contributed by atoms with van der Waals surface area (Å²) in [5.41, 5.74) is 1.09. The summed E-state index contributed by atoms with van der Waals surface area (Å²) in [5.74, 6) is 0.939. The minimum atomic E-state index is 0.723. The van der Waals surface area contributed by atoms with Gasteiger partial charge in [-0.05, 0) is 19.3 Å². The van der Waals surface area contributed by atoms with Gasteiger partial charge in [0.05, 0.1) is 0 Å². The predicted octanol–water partition coefficient (Wildman–Crippen LogP) is 2.76. The number of hydrogen-bond acceptors (Lipinski definition) is 4. The number of hydrogen-bond donors (Lipinski definition) is 2. The van der Waals surface area contributed by atoms with Crippen molar-refractivity contribution in [1.29, 1.82) is 0 Å². The highest BCUT2D eigenvalue weighted by atomic mass is 15.0. The third-order valence-electron chi connectivity index (χ3n) is 3.81. The molecule has 1 aromatic heterocycles. The Morgan fingerprint density at radius 2 is 1.89 bits per heavy atom. The van der Waals surface area contributed by atoms with Crippen molar-refractivity contribution in [3.8, 4) is 0 Å². The van der Waals surface area contributed by atoms with Crippen molar-refractivity contribution >= 4 is 5.82 Å². The normalized spacial score (nSPS) is 17.1. The minimum Gasteiger partial charge on any atom is -0.369 e. The molecular formula is C15H26N4. The molecule has 0 atom stereocenters. The van der Waals surface area contributed by atoms with Gasteiger partial charge in [-0.15, -0.1) is 0 Å². The van der Waals surface area contributed by atoms with E-state index < -0.39 is 0 Å². The zero-order chi connectivity index (χ0) is 13.3. The van der Waals surface area contributed by atoms with E-state index in [4.69, 9.17) is 0 Å². The maximum atomic E-state index is 4.24. The molecule has 1 aromatic rings. The van der Waals surface area contributed by atoms with E-state index in [9.17, 15) is 0 Å². The molecule has 0 aromatic carbocycles. The molecule has 1 aliphatic carbocycles. The van der Waals surface area contributed by atoms with Crippen LogP contribution in [0.15, 0.2) is 12.4 Å². The Morgan fingerprint density at radius 3 is 2.63 bits per heavy atom. The van der Waals surface area contributed by atoms with Crippen LogP contribution in [0.4, 0.5) is 5.82 Å². The number of nitrogens with one attached hydrogen (secondary N) is 2. The summed E-state index contributed by atoms with van der Waals surface area (Å²) in [5, 5.41) is 7.02. The number of rotatable bonds is 6. The van der Waals surface area contributed by atoms with Gasteiger partial charge in [0.1, 0.15) is 12.1 Å². The molecule has 0 radical (unpaired) electrons. The standard InChI is InChI=1S/C15H26N4/c1-2-13-11-15(19-12-18-13)17-10-9-16-14-7-5-3-4-6-8-14/h11-12,14,16H,2-10H2,1H3,(H,17,18,19). The van der Waals surface area contributed by atoms with Crippen molar-refractivity contribution in [2.45, 2.75) is 57.9 Å². The Labute approximate surface area is 116 Å². The van der Waals surface area contributed by atoms with Crippen molar-refractivity contribution < 1.29 is 0 Å². The minimum absolute atomic E-state index is 0.723. The first kappa shape index (κ1) is 14.3. The van der Waals surface area contributed by atoms with Crippen LogP contribution in [0, 0.1) is 0 Å². The van der Waals surface area contributed by atoms with E-state index in [-0.39, 0.29) is 0 Å². The molecule has 0 spiro atoms. The molecular weight excluding hydrogens is 236 g/mol. The molecule has 0 unspecified atom stereocenters. The molecule has 0 saturated heterocycles. The summed E-state index contributed by atoms with van der Waals surface area (Å²) in [4.78, 5) is 8.44. The predicted molar refractivity (Wildman–Crippen MR) is 79.4 cm³/mol. The molecule has 1 aliphatic rings. The first-order valence-corrected chi connectivity index (χ1v) is 7.66. The van der Waals surface area contributed by atoms with E-state index in [1.807, 2.05) is 6.07 Å². The Kier molecular flexibility index (Phi) is 6.08. The summed E-state index contributed by atoms with van der Waals surface area (Å²) < 4.78 is 0. The fraction of sp³-hybridized carbons (Fsp3) is 0.733.